The molecule has 1 amide bonds. The Balaban J connectivity index is 2.09. The van der Waals surface area contributed by atoms with Gasteiger partial charge < -0.3 is 14.4 Å². The third-order valence-corrected chi connectivity index (χ3v) is 5.24. The fourth-order valence-electron chi connectivity index (χ4n) is 3.18. The summed E-state index contributed by atoms with van der Waals surface area (Å²) in [6, 6.07) is 1.49. The van der Waals surface area contributed by atoms with E-state index in [4.69, 9.17) is 9.52 Å². The molecule has 1 fully saturated rings. The van der Waals surface area contributed by atoms with Crippen LogP contribution in [0.4, 0.5) is 0 Å². The van der Waals surface area contributed by atoms with Gasteiger partial charge in [0.2, 0.25) is 5.91 Å². The normalized spacial score (nSPS) is 19.3. The molecule has 1 saturated carbocycles. The number of aryl methyl sites for hydroxylation is 1. The molecule has 2 rings (SSSR count). The molecule has 5 heteroatoms. The zero-order chi connectivity index (χ0) is 16.2. The van der Waals surface area contributed by atoms with Gasteiger partial charge in [0, 0.05) is 13.0 Å². The van der Waals surface area contributed by atoms with E-state index in [-0.39, 0.29) is 34.8 Å². The monoisotopic (exact) mass is 293 g/mol. The van der Waals surface area contributed by atoms with E-state index in [1.165, 1.54) is 6.07 Å². The number of nitrogens with zero attached hydrogens (tertiary/aromatic N) is 1. The first-order valence-electron chi connectivity index (χ1n) is 7.07. The van der Waals surface area contributed by atoms with E-state index in [9.17, 15) is 9.59 Å². The fourth-order valence-corrected chi connectivity index (χ4v) is 3.18. The molecule has 0 saturated heterocycles. The van der Waals surface area contributed by atoms with E-state index < -0.39 is 5.97 Å². The van der Waals surface area contributed by atoms with Crippen LogP contribution in [0, 0.1) is 23.7 Å². The van der Waals surface area contributed by atoms with Crippen molar-refractivity contribution in [2.75, 3.05) is 7.05 Å². The number of carbonyl (C=O) groups is 2. The quantitative estimate of drug-likeness (QED) is 0.926. The minimum atomic E-state index is -1.01. The number of carboxylic acids is 1. The summed E-state index contributed by atoms with van der Waals surface area (Å²) >= 11 is 0. The van der Waals surface area contributed by atoms with E-state index in [1.807, 2.05) is 0 Å². The lowest BCUT2D eigenvalue weighted by atomic mass is 10.0. The average Bonchev–Trinajstić information content (AvgIpc) is 2.63. The zero-order valence-electron chi connectivity index (χ0n) is 13.5. The number of amides is 1. The van der Waals surface area contributed by atoms with Gasteiger partial charge in [-0.3, -0.25) is 4.79 Å². The van der Waals surface area contributed by atoms with Crippen molar-refractivity contribution in [3.63, 3.8) is 0 Å². The summed E-state index contributed by atoms with van der Waals surface area (Å²) in [5.41, 5.74) is 0.130. The SMILES string of the molecule is Cc1oc(CN(C)C(=O)C2C(C)(C)C2(C)C)cc1C(=O)O. The Bertz CT molecular complexity index is 583. The third-order valence-electron chi connectivity index (χ3n) is 5.24. The van der Waals surface area contributed by atoms with Gasteiger partial charge in [0.25, 0.3) is 0 Å². The van der Waals surface area contributed by atoms with Gasteiger partial charge in [-0.2, -0.15) is 0 Å². The topological polar surface area (TPSA) is 70.8 Å². The molecule has 1 aromatic heterocycles. The number of hydrogen-bond acceptors (Lipinski definition) is 3. The summed E-state index contributed by atoms with van der Waals surface area (Å²) in [7, 11) is 1.73. The first kappa shape index (κ1) is 15.6. The summed E-state index contributed by atoms with van der Waals surface area (Å²) in [6.07, 6.45) is 0. The smallest absolute Gasteiger partial charge is 0.339 e. The second kappa shape index (κ2) is 4.61. The molecule has 1 aromatic rings. The van der Waals surface area contributed by atoms with Gasteiger partial charge in [-0.1, -0.05) is 27.7 Å². The van der Waals surface area contributed by atoms with E-state index in [1.54, 1.807) is 18.9 Å². The molecule has 1 N–H and O–H groups in total. The maximum atomic E-state index is 12.5. The predicted molar refractivity (Wildman–Crippen MR) is 77.9 cm³/mol. The summed E-state index contributed by atoms with van der Waals surface area (Å²) < 4.78 is 5.43. The summed E-state index contributed by atoms with van der Waals surface area (Å²) in [4.78, 5) is 25.2. The fraction of sp³-hybridized carbons (Fsp3) is 0.625. The highest BCUT2D eigenvalue weighted by Gasteiger charge is 2.68. The molecule has 0 unspecified atom stereocenters. The molecular formula is C16H23NO4. The van der Waals surface area contributed by atoms with Crippen LogP contribution >= 0.6 is 0 Å². The Kier molecular flexibility index (Phi) is 3.43. The summed E-state index contributed by atoms with van der Waals surface area (Å²) in [6.45, 7) is 10.3. The molecule has 1 aliphatic carbocycles. The lowest BCUT2D eigenvalue weighted by Crippen LogP contribution is -2.29. The minimum Gasteiger partial charge on any atom is -0.478 e. The second-order valence-corrected chi connectivity index (χ2v) is 7.06. The lowest BCUT2D eigenvalue weighted by Gasteiger charge is -2.17. The van der Waals surface area contributed by atoms with Crippen molar-refractivity contribution in [1.82, 2.24) is 4.90 Å². The third kappa shape index (κ3) is 2.34. The van der Waals surface area contributed by atoms with Crippen molar-refractivity contribution in [1.29, 1.82) is 0 Å². The molecule has 0 radical (unpaired) electrons. The molecule has 0 spiro atoms. The largest absolute Gasteiger partial charge is 0.478 e. The molecule has 0 atom stereocenters. The maximum absolute atomic E-state index is 12.5. The highest BCUT2D eigenvalue weighted by atomic mass is 16.4. The van der Waals surface area contributed by atoms with Crippen molar-refractivity contribution in [2.45, 2.75) is 41.2 Å². The standard InChI is InChI=1S/C16H23NO4/c1-9-11(14(19)20)7-10(21-9)8-17(6)13(18)12-15(2,3)16(12,4)5/h7,12H,8H2,1-6H3,(H,19,20). The first-order valence-corrected chi connectivity index (χ1v) is 7.07. The van der Waals surface area contributed by atoms with Gasteiger partial charge >= 0.3 is 5.97 Å². The Morgan fingerprint density at radius 1 is 1.29 bits per heavy atom. The van der Waals surface area contributed by atoms with Gasteiger partial charge in [-0.15, -0.1) is 0 Å². The van der Waals surface area contributed by atoms with E-state index in [2.05, 4.69) is 27.7 Å². The number of rotatable bonds is 4. The molecule has 1 aliphatic rings. The van der Waals surface area contributed by atoms with Gasteiger partial charge in [0.05, 0.1) is 6.54 Å². The van der Waals surface area contributed by atoms with Crippen LogP contribution in [0.2, 0.25) is 0 Å². The molecular weight excluding hydrogens is 270 g/mol. The van der Waals surface area contributed by atoms with Crippen LogP contribution in [-0.2, 0) is 11.3 Å². The predicted octanol–water partition coefficient (Wildman–Crippen LogP) is 2.93. The van der Waals surface area contributed by atoms with Gasteiger partial charge in [0.1, 0.15) is 17.1 Å². The van der Waals surface area contributed by atoms with Gasteiger partial charge in [0.15, 0.2) is 0 Å². The molecule has 21 heavy (non-hydrogen) atoms. The van der Waals surface area contributed by atoms with Crippen molar-refractivity contribution < 1.29 is 19.1 Å². The van der Waals surface area contributed by atoms with E-state index >= 15 is 0 Å². The Morgan fingerprint density at radius 3 is 2.19 bits per heavy atom. The number of furan rings is 1. The lowest BCUT2D eigenvalue weighted by molar-refractivity contribution is -0.133. The maximum Gasteiger partial charge on any atom is 0.339 e. The van der Waals surface area contributed by atoms with Crippen LogP contribution in [0.5, 0.6) is 0 Å². The summed E-state index contributed by atoms with van der Waals surface area (Å²) in [5, 5.41) is 9.02. The zero-order valence-corrected chi connectivity index (χ0v) is 13.5. The van der Waals surface area contributed by atoms with E-state index in [0.717, 1.165) is 0 Å². The highest BCUT2D eigenvalue weighted by Crippen LogP contribution is 2.68. The van der Waals surface area contributed by atoms with Crippen LogP contribution < -0.4 is 0 Å². The van der Waals surface area contributed by atoms with Crippen molar-refractivity contribution in [3.05, 3.63) is 23.2 Å². The van der Waals surface area contributed by atoms with Crippen molar-refractivity contribution in [3.8, 4) is 0 Å². The minimum absolute atomic E-state index is 0.00926. The Labute approximate surface area is 124 Å². The van der Waals surface area contributed by atoms with E-state index in [0.29, 0.717) is 11.5 Å². The average molecular weight is 293 g/mol. The molecule has 0 bridgehead atoms. The number of carbonyl (C=O) groups excluding carboxylic acids is 1. The molecule has 116 valence electrons. The molecule has 0 aromatic carbocycles. The Hall–Kier alpha value is -1.78. The number of hydrogen-bond donors (Lipinski definition) is 1. The molecule has 1 heterocycles. The summed E-state index contributed by atoms with van der Waals surface area (Å²) in [5.74, 6) is -0.0793. The molecule has 0 aliphatic heterocycles. The van der Waals surface area contributed by atoms with Crippen LogP contribution in [0.15, 0.2) is 10.5 Å². The molecule has 5 nitrogen and oxygen atoms in total. The van der Waals surface area contributed by atoms with Crippen molar-refractivity contribution in [2.24, 2.45) is 16.7 Å². The highest BCUT2D eigenvalue weighted by molar-refractivity contribution is 5.89. The first-order chi connectivity index (χ1) is 9.50. The van der Waals surface area contributed by atoms with Crippen molar-refractivity contribution >= 4 is 11.9 Å². The van der Waals surface area contributed by atoms with Gasteiger partial charge in [-0.25, -0.2) is 4.79 Å². The van der Waals surface area contributed by atoms with Crippen LogP contribution in [-0.4, -0.2) is 28.9 Å². The van der Waals surface area contributed by atoms with Crippen LogP contribution in [0.3, 0.4) is 0 Å². The van der Waals surface area contributed by atoms with Gasteiger partial charge in [-0.05, 0) is 23.8 Å². The number of aromatic carboxylic acids is 1. The Morgan fingerprint density at radius 2 is 1.81 bits per heavy atom. The van der Waals surface area contributed by atoms with Crippen LogP contribution in [0.1, 0.15) is 49.6 Å². The number of carboxylic acid groups (broad SMARTS) is 1. The second-order valence-electron chi connectivity index (χ2n) is 7.06. The van der Waals surface area contributed by atoms with Crippen LogP contribution in [0.25, 0.3) is 0 Å².